The summed E-state index contributed by atoms with van der Waals surface area (Å²) in [6.45, 7) is 8.36. The predicted molar refractivity (Wildman–Crippen MR) is 114 cm³/mol. The fourth-order valence-corrected chi connectivity index (χ4v) is 5.58. The highest BCUT2D eigenvalue weighted by molar-refractivity contribution is 7.90. The van der Waals surface area contributed by atoms with Crippen molar-refractivity contribution in [1.29, 1.82) is 0 Å². The van der Waals surface area contributed by atoms with Gasteiger partial charge in [-0.3, -0.25) is 4.90 Å². The van der Waals surface area contributed by atoms with Gasteiger partial charge in [0.15, 0.2) is 0 Å². The molecule has 7 heteroatoms. The van der Waals surface area contributed by atoms with Crippen molar-refractivity contribution in [2.24, 2.45) is 11.8 Å². The van der Waals surface area contributed by atoms with Crippen molar-refractivity contribution >= 4 is 9.84 Å². The van der Waals surface area contributed by atoms with E-state index in [1.807, 2.05) is 34.9 Å². The van der Waals surface area contributed by atoms with Gasteiger partial charge < -0.3 is 9.30 Å². The van der Waals surface area contributed by atoms with Crippen molar-refractivity contribution in [3.63, 3.8) is 0 Å². The lowest BCUT2D eigenvalue weighted by Gasteiger charge is -2.32. The fourth-order valence-electron chi connectivity index (χ4n) is 4.08. The summed E-state index contributed by atoms with van der Waals surface area (Å²) in [4.78, 5) is 6.78. The summed E-state index contributed by atoms with van der Waals surface area (Å²) >= 11 is 0. The topological polar surface area (TPSA) is 64.4 Å². The molecule has 3 rings (SSSR count). The third-order valence-electron chi connectivity index (χ3n) is 5.32. The Bertz CT molecular complexity index is 876. The summed E-state index contributed by atoms with van der Waals surface area (Å²) in [6, 6.07) is 9.31. The van der Waals surface area contributed by atoms with Crippen LogP contribution in [0.1, 0.15) is 37.9 Å². The lowest BCUT2D eigenvalue weighted by molar-refractivity contribution is 0.0860. The molecule has 2 heterocycles. The Kier molecular flexibility index (Phi) is 7.49. The van der Waals surface area contributed by atoms with Gasteiger partial charge in [0.25, 0.3) is 0 Å². The maximum absolute atomic E-state index is 13.1. The van der Waals surface area contributed by atoms with Crippen LogP contribution in [-0.4, -0.2) is 49.7 Å². The van der Waals surface area contributed by atoms with Crippen molar-refractivity contribution in [3.05, 3.63) is 47.8 Å². The first-order chi connectivity index (χ1) is 13.9. The molecular weight excluding hydrogens is 386 g/mol. The van der Waals surface area contributed by atoms with Gasteiger partial charge in [0.2, 0.25) is 15.0 Å². The van der Waals surface area contributed by atoms with Crippen LogP contribution >= 0.6 is 0 Å². The van der Waals surface area contributed by atoms with Crippen LogP contribution in [0.15, 0.2) is 41.7 Å². The van der Waals surface area contributed by atoms with E-state index in [-0.39, 0.29) is 10.9 Å². The van der Waals surface area contributed by atoms with Crippen LogP contribution in [0.4, 0.5) is 0 Å². The fraction of sp³-hybridized carbons (Fsp3) is 0.591. The molecule has 0 radical (unpaired) electrons. The SMILES string of the molecule is COCC1CCCN(Cc2cnc(S(=O)(=O)Cc3ccccc3)n2CC(C)C)C1. The number of sulfone groups is 1. The average Bonchev–Trinajstić information content (AvgIpc) is 3.05. The van der Waals surface area contributed by atoms with Gasteiger partial charge >= 0.3 is 0 Å². The zero-order valence-electron chi connectivity index (χ0n) is 17.8. The van der Waals surface area contributed by atoms with Crippen molar-refractivity contribution in [3.8, 4) is 0 Å². The zero-order valence-corrected chi connectivity index (χ0v) is 18.6. The van der Waals surface area contributed by atoms with Gasteiger partial charge in [-0.2, -0.15) is 0 Å². The second kappa shape index (κ2) is 9.87. The highest BCUT2D eigenvalue weighted by Crippen LogP contribution is 2.23. The largest absolute Gasteiger partial charge is 0.384 e. The van der Waals surface area contributed by atoms with E-state index >= 15 is 0 Å². The van der Waals surface area contributed by atoms with Gasteiger partial charge in [-0.15, -0.1) is 0 Å². The Morgan fingerprint density at radius 1 is 1.24 bits per heavy atom. The number of imidazole rings is 1. The van der Waals surface area contributed by atoms with E-state index in [0.717, 1.165) is 43.9 Å². The lowest BCUT2D eigenvalue weighted by Crippen LogP contribution is -2.37. The molecule has 1 aliphatic rings. The van der Waals surface area contributed by atoms with Crippen molar-refractivity contribution in [1.82, 2.24) is 14.5 Å². The van der Waals surface area contributed by atoms with E-state index in [4.69, 9.17) is 4.74 Å². The molecule has 0 bridgehead atoms. The summed E-state index contributed by atoms with van der Waals surface area (Å²) in [5, 5.41) is 0.190. The Balaban J connectivity index is 1.83. The van der Waals surface area contributed by atoms with Crippen molar-refractivity contribution in [2.45, 2.75) is 50.7 Å². The van der Waals surface area contributed by atoms with Gasteiger partial charge in [0, 0.05) is 26.7 Å². The summed E-state index contributed by atoms with van der Waals surface area (Å²) < 4.78 is 33.5. The van der Waals surface area contributed by atoms with E-state index < -0.39 is 9.84 Å². The summed E-state index contributed by atoms with van der Waals surface area (Å²) in [5.74, 6) is 0.842. The van der Waals surface area contributed by atoms with E-state index in [9.17, 15) is 8.42 Å². The first-order valence-electron chi connectivity index (χ1n) is 10.4. The molecule has 1 unspecified atom stereocenters. The first kappa shape index (κ1) is 22.0. The molecule has 0 spiro atoms. The molecule has 6 nitrogen and oxygen atoms in total. The van der Waals surface area contributed by atoms with Gasteiger partial charge in [0.1, 0.15) is 0 Å². The number of piperidine rings is 1. The number of nitrogens with zero attached hydrogens (tertiary/aromatic N) is 3. The Labute approximate surface area is 174 Å². The quantitative estimate of drug-likeness (QED) is 0.623. The molecule has 1 atom stereocenters. The molecule has 160 valence electrons. The highest BCUT2D eigenvalue weighted by atomic mass is 32.2. The number of benzene rings is 1. The summed E-state index contributed by atoms with van der Waals surface area (Å²) in [6.07, 6.45) is 4.08. The molecule has 0 aliphatic carbocycles. The summed E-state index contributed by atoms with van der Waals surface area (Å²) in [5.41, 5.74) is 1.76. The number of ether oxygens (including phenoxy) is 1. The molecule has 1 aromatic heterocycles. The third kappa shape index (κ3) is 5.90. The highest BCUT2D eigenvalue weighted by Gasteiger charge is 2.26. The number of rotatable bonds is 9. The maximum atomic E-state index is 13.1. The molecule has 29 heavy (non-hydrogen) atoms. The predicted octanol–water partition coefficient (Wildman–Crippen LogP) is 3.37. The molecule has 0 amide bonds. The van der Waals surface area contributed by atoms with Crippen LogP contribution in [0.3, 0.4) is 0 Å². The minimum atomic E-state index is -3.52. The molecule has 0 saturated carbocycles. The van der Waals surface area contributed by atoms with E-state index in [1.54, 1.807) is 13.3 Å². The van der Waals surface area contributed by atoms with E-state index in [2.05, 4.69) is 23.7 Å². The zero-order chi connectivity index (χ0) is 20.9. The van der Waals surface area contributed by atoms with Gasteiger partial charge in [-0.05, 0) is 36.8 Å². The second-order valence-corrected chi connectivity index (χ2v) is 10.4. The number of methoxy groups -OCH3 is 1. The number of likely N-dealkylation sites (tertiary alicyclic amines) is 1. The Hall–Kier alpha value is -1.70. The third-order valence-corrected chi connectivity index (χ3v) is 6.91. The normalized spacial score (nSPS) is 18.4. The van der Waals surface area contributed by atoms with Crippen LogP contribution in [0.2, 0.25) is 0 Å². The van der Waals surface area contributed by atoms with E-state index in [1.165, 1.54) is 6.42 Å². The maximum Gasteiger partial charge on any atom is 0.228 e. The molecule has 2 aromatic rings. The van der Waals surface area contributed by atoms with Crippen LogP contribution < -0.4 is 0 Å². The van der Waals surface area contributed by atoms with Crippen LogP contribution in [0.25, 0.3) is 0 Å². The van der Waals surface area contributed by atoms with Crippen molar-refractivity contribution < 1.29 is 13.2 Å². The van der Waals surface area contributed by atoms with Gasteiger partial charge in [0.05, 0.1) is 24.3 Å². The molecule has 1 aromatic carbocycles. The van der Waals surface area contributed by atoms with Gasteiger partial charge in [-0.25, -0.2) is 13.4 Å². The Morgan fingerprint density at radius 2 is 2.00 bits per heavy atom. The van der Waals surface area contributed by atoms with Crippen molar-refractivity contribution in [2.75, 3.05) is 26.8 Å². The molecule has 0 N–H and O–H groups in total. The second-order valence-electron chi connectivity index (χ2n) is 8.48. The van der Waals surface area contributed by atoms with Gasteiger partial charge in [-0.1, -0.05) is 44.2 Å². The van der Waals surface area contributed by atoms with Crippen LogP contribution in [-0.2, 0) is 33.4 Å². The monoisotopic (exact) mass is 419 g/mol. The average molecular weight is 420 g/mol. The molecular formula is C22H33N3O3S. The number of aromatic nitrogens is 2. The number of hydrogen-bond donors (Lipinski definition) is 0. The summed E-state index contributed by atoms with van der Waals surface area (Å²) in [7, 11) is -1.77. The molecule has 1 saturated heterocycles. The first-order valence-corrected chi connectivity index (χ1v) is 12.1. The molecule has 1 aliphatic heterocycles. The minimum absolute atomic E-state index is 0.0258. The smallest absolute Gasteiger partial charge is 0.228 e. The van der Waals surface area contributed by atoms with Crippen LogP contribution in [0.5, 0.6) is 0 Å². The lowest BCUT2D eigenvalue weighted by atomic mass is 9.99. The Morgan fingerprint density at radius 3 is 2.69 bits per heavy atom. The standard InChI is InChI=1S/C22H33N3O3S/c1-18(2)13-25-21(15-24-11-7-10-20(14-24)16-28-3)12-23-22(25)29(26,27)17-19-8-5-4-6-9-19/h4-6,8-9,12,18,20H,7,10-11,13-17H2,1-3H3. The van der Waals surface area contributed by atoms with Crippen LogP contribution in [0, 0.1) is 11.8 Å². The number of hydrogen-bond acceptors (Lipinski definition) is 5. The minimum Gasteiger partial charge on any atom is -0.384 e. The molecule has 1 fully saturated rings. The van der Waals surface area contributed by atoms with E-state index in [0.29, 0.717) is 18.4 Å².